The molecule has 0 fully saturated rings. The van der Waals surface area contributed by atoms with E-state index in [1.165, 1.54) is 0 Å². The van der Waals surface area contributed by atoms with E-state index >= 15 is 0 Å². The molecular formula is C16H19N3O2. The van der Waals surface area contributed by atoms with Crippen LogP contribution in [0.15, 0.2) is 42.6 Å². The number of amides is 1. The number of carbonyl (C=O) groups is 1. The van der Waals surface area contributed by atoms with Gasteiger partial charge in [-0.3, -0.25) is 9.78 Å². The lowest BCUT2D eigenvalue weighted by Crippen LogP contribution is -2.14. The first-order valence-corrected chi connectivity index (χ1v) is 6.88. The highest BCUT2D eigenvalue weighted by atomic mass is 16.5. The molecule has 2 N–H and O–H groups in total. The normalized spacial score (nSPS) is 10.0. The van der Waals surface area contributed by atoms with Gasteiger partial charge in [-0.15, -0.1) is 0 Å². The Balaban J connectivity index is 2.05. The maximum atomic E-state index is 12.2. The Morgan fingerprint density at radius 3 is 2.62 bits per heavy atom. The van der Waals surface area contributed by atoms with Crippen molar-refractivity contribution in [2.75, 3.05) is 24.3 Å². The number of aromatic nitrogens is 1. The van der Waals surface area contributed by atoms with Gasteiger partial charge in [-0.05, 0) is 42.8 Å². The molecule has 5 nitrogen and oxygen atoms in total. The summed E-state index contributed by atoms with van der Waals surface area (Å²) >= 11 is 0. The number of nitrogens with one attached hydrogen (secondary N) is 2. The van der Waals surface area contributed by atoms with E-state index in [4.69, 9.17) is 4.74 Å². The van der Waals surface area contributed by atoms with E-state index in [2.05, 4.69) is 22.5 Å². The van der Waals surface area contributed by atoms with Crippen molar-refractivity contribution >= 4 is 17.3 Å². The van der Waals surface area contributed by atoms with Crippen LogP contribution in [0.4, 0.5) is 11.4 Å². The summed E-state index contributed by atoms with van der Waals surface area (Å²) in [6, 6.07) is 10.8. The second kappa shape index (κ2) is 7.28. The lowest BCUT2D eigenvalue weighted by Gasteiger charge is -2.08. The average Bonchev–Trinajstić information content (AvgIpc) is 2.54. The van der Waals surface area contributed by atoms with Crippen molar-refractivity contribution in [2.24, 2.45) is 0 Å². The van der Waals surface area contributed by atoms with Crippen LogP contribution in [-0.4, -0.2) is 24.5 Å². The summed E-state index contributed by atoms with van der Waals surface area (Å²) in [5.74, 6) is 0.511. The maximum Gasteiger partial charge on any atom is 0.274 e. The highest BCUT2D eigenvalue weighted by molar-refractivity contribution is 6.03. The van der Waals surface area contributed by atoms with Gasteiger partial charge < -0.3 is 15.4 Å². The van der Waals surface area contributed by atoms with Gasteiger partial charge in [0.05, 0.1) is 7.11 Å². The Morgan fingerprint density at radius 2 is 1.95 bits per heavy atom. The fourth-order valence-corrected chi connectivity index (χ4v) is 1.80. The van der Waals surface area contributed by atoms with E-state index in [-0.39, 0.29) is 5.91 Å². The van der Waals surface area contributed by atoms with Crippen molar-refractivity contribution in [3.8, 4) is 5.75 Å². The number of pyridine rings is 1. The summed E-state index contributed by atoms with van der Waals surface area (Å²) < 4.78 is 5.08. The Labute approximate surface area is 124 Å². The number of rotatable bonds is 6. The molecule has 0 saturated carbocycles. The molecule has 1 amide bonds. The zero-order chi connectivity index (χ0) is 15.1. The molecular weight excluding hydrogens is 266 g/mol. The summed E-state index contributed by atoms with van der Waals surface area (Å²) in [7, 11) is 1.60. The summed E-state index contributed by atoms with van der Waals surface area (Å²) in [4.78, 5) is 16.3. The molecule has 21 heavy (non-hydrogen) atoms. The van der Waals surface area contributed by atoms with E-state index < -0.39 is 0 Å². The zero-order valence-electron chi connectivity index (χ0n) is 12.2. The molecule has 1 heterocycles. The third kappa shape index (κ3) is 4.21. The van der Waals surface area contributed by atoms with Gasteiger partial charge >= 0.3 is 0 Å². The molecule has 1 aromatic carbocycles. The van der Waals surface area contributed by atoms with Gasteiger partial charge in [-0.25, -0.2) is 0 Å². The molecule has 1 aromatic heterocycles. The Kier molecular flexibility index (Phi) is 5.15. The van der Waals surface area contributed by atoms with Crippen LogP contribution in [0.1, 0.15) is 23.8 Å². The van der Waals surface area contributed by atoms with Crippen molar-refractivity contribution in [1.29, 1.82) is 0 Å². The van der Waals surface area contributed by atoms with Crippen LogP contribution in [0.3, 0.4) is 0 Å². The molecule has 0 spiro atoms. The zero-order valence-corrected chi connectivity index (χ0v) is 12.2. The van der Waals surface area contributed by atoms with Crippen molar-refractivity contribution in [1.82, 2.24) is 4.98 Å². The highest BCUT2D eigenvalue weighted by Crippen LogP contribution is 2.16. The van der Waals surface area contributed by atoms with Crippen LogP contribution < -0.4 is 15.4 Å². The molecule has 0 bridgehead atoms. The Hall–Kier alpha value is -2.56. The summed E-state index contributed by atoms with van der Waals surface area (Å²) in [5.41, 5.74) is 1.98. The van der Waals surface area contributed by atoms with Gasteiger partial charge in [0, 0.05) is 24.1 Å². The van der Waals surface area contributed by atoms with Crippen LogP contribution in [-0.2, 0) is 0 Å². The lowest BCUT2D eigenvalue weighted by atomic mass is 10.2. The van der Waals surface area contributed by atoms with Crippen molar-refractivity contribution in [3.05, 3.63) is 48.3 Å². The third-order valence-electron chi connectivity index (χ3n) is 2.92. The van der Waals surface area contributed by atoms with E-state index in [0.717, 1.165) is 24.4 Å². The number of benzene rings is 1. The van der Waals surface area contributed by atoms with Crippen LogP contribution >= 0.6 is 0 Å². The second-order valence-electron chi connectivity index (χ2n) is 4.54. The second-order valence-corrected chi connectivity index (χ2v) is 4.54. The van der Waals surface area contributed by atoms with Crippen molar-refractivity contribution < 1.29 is 9.53 Å². The topological polar surface area (TPSA) is 63.2 Å². The first kappa shape index (κ1) is 14.8. The monoisotopic (exact) mass is 285 g/mol. The van der Waals surface area contributed by atoms with Crippen LogP contribution in [0.25, 0.3) is 0 Å². The molecule has 2 rings (SSSR count). The van der Waals surface area contributed by atoms with E-state index in [0.29, 0.717) is 11.4 Å². The molecule has 0 aliphatic heterocycles. The van der Waals surface area contributed by atoms with Crippen LogP contribution in [0, 0.1) is 0 Å². The van der Waals surface area contributed by atoms with Gasteiger partial charge in [-0.2, -0.15) is 0 Å². The molecule has 5 heteroatoms. The van der Waals surface area contributed by atoms with Crippen molar-refractivity contribution in [3.63, 3.8) is 0 Å². The SMILES string of the molecule is CCCNc1ccnc(C(=O)Nc2ccc(OC)cc2)c1. The number of anilines is 2. The molecule has 0 atom stereocenters. The number of ether oxygens (including phenoxy) is 1. The minimum atomic E-state index is -0.236. The fraction of sp³-hybridized carbons (Fsp3) is 0.250. The molecule has 0 radical (unpaired) electrons. The quantitative estimate of drug-likeness (QED) is 0.855. The standard InChI is InChI=1S/C16H19N3O2/c1-3-9-17-13-8-10-18-15(11-13)16(20)19-12-4-6-14(21-2)7-5-12/h4-8,10-11H,3,9H2,1-2H3,(H,17,18)(H,19,20). The van der Waals surface area contributed by atoms with Gasteiger partial charge in [0.2, 0.25) is 0 Å². The number of hydrogen-bond acceptors (Lipinski definition) is 4. The first-order valence-electron chi connectivity index (χ1n) is 6.88. The third-order valence-corrected chi connectivity index (χ3v) is 2.92. The minimum Gasteiger partial charge on any atom is -0.497 e. The molecule has 110 valence electrons. The minimum absolute atomic E-state index is 0.236. The molecule has 0 aliphatic carbocycles. The predicted octanol–water partition coefficient (Wildman–Crippen LogP) is 3.16. The Morgan fingerprint density at radius 1 is 1.19 bits per heavy atom. The molecule has 0 aliphatic rings. The number of nitrogens with zero attached hydrogens (tertiary/aromatic N) is 1. The van der Waals surface area contributed by atoms with E-state index in [9.17, 15) is 4.79 Å². The number of carbonyl (C=O) groups excluding carboxylic acids is 1. The molecule has 2 aromatic rings. The first-order chi connectivity index (χ1) is 10.2. The largest absolute Gasteiger partial charge is 0.497 e. The fourth-order valence-electron chi connectivity index (χ4n) is 1.80. The van der Waals surface area contributed by atoms with Gasteiger partial charge in [-0.1, -0.05) is 6.92 Å². The summed E-state index contributed by atoms with van der Waals surface area (Å²) in [6.07, 6.45) is 2.65. The van der Waals surface area contributed by atoms with Gasteiger partial charge in [0.15, 0.2) is 0 Å². The summed E-state index contributed by atoms with van der Waals surface area (Å²) in [5, 5.41) is 6.04. The average molecular weight is 285 g/mol. The van der Waals surface area contributed by atoms with Gasteiger partial charge in [0.25, 0.3) is 5.91 Å². The highest BCUT2D eigenvalue weighted by Gasteiger charge is 2.08. The smallest absolute Gasteiger partial charge is 0.274 e. The maximum absolute atomic E-state index is 12.2. The van der Waals surface area contributed by atoms with Gasteiger partial charge in [0.1, 0.15) is 11.4 Å². The van der Waals surface area contributed by atoms with E-state index in [1.807, 2.05) is 6.07 Å². The molecule has 0 unspecified atom stereocenters. The van der Waals surface area contributed by atoms with Crippen LogP contribution in [0.2, 0.25) is 0 Å². The number of methoxy groups -OCH3 is 1. The van der Waals surface area contributed by atoms with Crippen molar-refractivity contribution in [2.45, 2.75) is 13.3 Å². The lowest BCUT2D eigenvalue weighted by molar-refractivity contribution is 0.102. The Bertz CT molecular complexity index is 597. The molecule has 0 saturated heterocycles. The summed E-state index contributed by atoms with van der Waals surface area (Å²) in [6.45, 7) is 2.95. The predicted molar refractivity (Wildman–Crippen MR) is 84.0 cm³/mol. The van der Waals surface area contributed by atoms with E-state index in [1.54, 1.807) is 43.6 Å². The van der Waals surface area contributed by atoms with Crippen LogP contribution in [0.5, 0.6) is 5.75 Å². The number of hydrogen-bond donors (Lipinski definition) is 2.